The fourth-order valence-electron chi connectivity index (χ4n) is 4.05. The number of thiazole rings is 1. The van der Waals surface area contributed by atoms with Crippen LogP contribution in [0.2, 0.25) is 5.02 Å². The monoisotopic (exact) mass is 463 g/mol. The van der Waals surface area contributed by atoms with Gasteiger partial charge in [0.05, 0.1) is 24.4 Å². The quantitative estimate of drug-likeness (QED) is 0.680. The Morgan fingerprint density at radius 3 is 2.61 bits per heavy atom. The summed E-state index contributed by atoms with van der Waals surface area (Å²) in [6.45, 7) is 5.25. The van der Waals surface area contributed by atoms with Crippen molar-refractivity contribution >= 4 is 34.8 Å². The van der Waals surface area contributed by atoms with Gasteiger partial charge in [-0.1, -0.05) is 11.6 Å². The molecule has 2 saturated heterocycles. The second-order valence-corrected chi connectivity index (χ2v) is 9.17. The van der Waals surface area contributed by atoms with E-state index in [0.717, 1.165) is 11.4 Å². The molecule has 2 aromatic rings. The van der Waals surface area contributed by atoms with Crippen LogP contribution in [-0.4, -0.2) is 72.1 Å². The first-order chi connectivity index (χ1) is 15.0. The zero-order chi connectivity index (χ0) is 21.8. The molecule has 2 amide bonds. The maximum Gasteiger partial charge on any atom is 0.265 e. The van der Waals surface area contributed by atoms with Gasteiger partial charge < -0.3 is 19.3 Å². The molecule has 0 bridgehead atoms. The highest BCUT2D eigenvalue weighted by molar-refractivity contribution is 7.11. The molecule has 2 aliphatic rings. The van der Waals surface area contributed by atoms with Gasteiger partial charge in [-0.25, -0.2) is 4.98 Å². The Morgan fingerprint density at radius 1 is 1.19 bits per heavy atom. The van der Waals surface area contributed by atoms with Gasteiger partial charge in [0.2, 0.25) is 5.91 Å². The number of nitrogens with zero attached hydrogens (tertiary/aromatic N) is 3. The van der Waals surface area contributed by atoms with Gasteiger partial charge in [0.15, 0.2) is 0 Å². The minimum Gasteiger partial charge on any atom is -0.490 e. The van der Waals surface area contributed by atoms with E-state index in [1.807, 2.05) is 28.9 Å². The van der Waals surface area contributed by atoms with Crippen LogP contribution in [0.4, 0.5) is 0 Å². The number of carbonyl (C=O) groups is 2. The molecule has 166 valence electrons. The Balaban J connectivity index is 1.48. The third kappa shape index (κ3) is 5.37. The minimum absolute atomic E-state index is 0.0197. The summed E-state index contributed by atoms with van der Waals surface area (Å²) >= 11 is 7.35. The van der Waals surface area contributed by atoms with E-state index in [9.17, 15) is 9.59 Å². The van der Waals surface area contributed by atoms with E-state index >= 15 is 0 Å². The molecule has 0 radical (unpaired) electrons. The summed E-state index contributed by atoms with van der Waals surface area (Å²) in [5.41, 5.74) is 2.44. The van der Waals surface area contributed by atoms with Crippen LogP contribution in [0.15, 0.2) is 29.8 Å². The molecule has 7 nitrogen and oxygen atoms in total. The Labute approximate surface area is 190 Å². The van der Waals surface area contributed by atoms with E-state index in [2.05, 4.69) is 4.98 Å². The molecule has 31 heavy (non-hydrogen) atoms. The van der Waals surface area contributed by atoms with Crippen LogP contribution in [0, 0.1) is 12.8 Å². The number of hydrogen-bond acceptors (Lipinski definition) is 6. The number of likely N-dealkylation sites (tertiary alicyclic amines) is 1. The summed E-state index contributed by atoms with van der Waals surface area (Å²) in [7, 11) is 0. The van der Waals surface area contributed by atoms with Crippen molar-refractivity contribution in [1.29, 1.82) is 0 Å². The van der Waals surface area contributed by atoms with Crippen LogP contribution in [0.3, 0.4) is 0 Å². The molecule has 9 heteroatoms. The van der Waals surface area contributed by atoms with Gasteiger partial charge in [0.1, 0.15) is 16.7 Å². The Hall–Kier alpha value is -2.16. The smallest absolute Gasteiger partial charge is 0.265 e. The number of amides is 2. The third-order valence-electron chi connectivity index (χ3n) is 5.79. The molecule has 1 aromatic carbocycles. The molecule has 0 saturated carbocycles. The summed E-state index contributed by atoms with van der Waals surface area (Å²) in [4.78, 5) is 34.5. The number of aromatic nitrogens is 1. The molecule has 2 atom stereocenters. The number of aryl methyl sites for hydroxylation is 1. The first-order valence-corrected chi connectivity index (χ1v) is 11.7. The van der Waals surface area contributed by atoms with Crippen molar-refractivity contribution in [3.63, 3.8) is 0 Å². The fraction of sp³-hybridized carbons (Fsp3) is 0.500. The third-order valence-corrected chi connectivity index (χ3v) is 6.96. The average molecular weight is 464 g/mol. The van der Waals surface area contributed by atoms with Crippen molar-refractivity contribution in [3.05, 3.63) is 45.4 Å². The largest absolute Gasteiger partial charge is 0.490 e. The normalized spacial score (nSPS) is 21.7. The van der Waals surface area contributed by atoms with Gasteiger partial charge >= 0.3 is 0 Å². The van der Waals surface area contributed by atoms with Gasteiger partial charge in [-0.15, -0.1) is 11.3 Å². The fourth-order valence-corrected chi connectivity index (χ4v) is 4.95. The molecule has 0 unspecified atom stereocenters. The first-order valence-electron chi connectivity index (χ1n) is 10.5. The van der Waals surface area contributed by atoms with E-state index in [4.69, 9.17) is 21.1 Å². The summed E-state index contributed by atoms with van der Waals surface area (Å²) in [6.07, 6.45) is 0.842. The number of ether oxygens (including phenoxy) is 2. The van der Waals surface area contributed by atoms with Crippen LogP contribution in [-0.2, 0) is 9.53 Å². The van der Waals surface area contributed by atoms with Crippen LogP contribution in [0.5, 0.6) is 5.75 Å². The molecular formula is C22H26ClN3O4S. The molecule has 2 fully saturated rings. The Bertz CT molecular complexity index is 914. The highest BCUT2D eigenvalue weighted by atomic mass is 35.5. The van der Waals surface area contributed by atoms with Gasteiger partial charge in [-0.05, 0) is 31.2 Å². The number of rotatable bonds is 5. The lowest BCUT2D eigenvalue weighted by atomic mass is 9.90. The summed E-state index contributed by atoms with van der Waals surface area (Å²) in [6, 6.07) is 7.24. The Morgan fingerprint density at radius 2 is 1.94 bits per heavy atom. The highest BCUT2D eigenvalue weighted by Crippen LogP contribution is 2.29. The van der Waals surface area contributed by atoms with E-state index in [-0.39, 0.29) is 23.8 Å². The van der Waals surface area contributed by atoms with E-state index in [0.29, 0.717) is 62.1 Å². The van der Waals surface area contributed by atoms with E-state index in [1.54, 1.807) is 17.6 Å². The second-order valence-electron chi connectivity index (χ2n) is 7.87. The predicted molar refractivity (Wildman–Crippen MR) is 119 cm³/mol. The van der Waals surface area contributed by atoms with Crippen LogP contribution >= 0.6 is 22.9 Å². The minimum atomic E-state index is -0.155. The number of morpholine rings is 1. The maximum atomic E-state index is 13.0. The van der Waals surface area contributed by atoms with E-state index < -0.39 is 0 Å². The molecule has 4 rings (SSSR count). The zero-order valence-electron chi connectivity index (χ0n) is 17.5. The van der Waals surface area contributed by atoms with Crippen molar-refractivity contribution in [3.8, 4) is 5.75 Å². The second kappa shape index (κ2) is 9.97. The molecule has 0 N–H and O–H groups in total. The summed E-state index contributed by atoms with van der Waals surface area (Å²) in [5, 5.41) is 0.645. The van der Waals surface area contributed by atoms with Crippen molar-refractivity contribution < 1.29 is 19.1 Å². The molecule has 0 spiro atoms. The molecule has 1 aromatic heterocycles. The highest BCUT2D eigenvalue weighted by Gasteiger charge is 2.36. The van der Waals surface area contributed by atoms with Gasteiger partial charge in [-0.2, -0.15) is 0 Å². The lowest BCUT2D eigenvalue weighted by molar-refractivity contribution is -0.137. The molecule has 0 aliphatic carbocycles. The van der Waals surface area contributed by atoms with E-state index in [1.165, 1.54) is 11.3 Å². The van der Waals surface area contributed by atoms with Crippen molar-refractivity contribution in [2.45, 2.75) is 25.9 Å². The number of hydrogen-bond donors (Lipinski definition) is 0. The first kappa shape index (κ1) is 22.0. The van der Waals surface area contributed by atoms with Gasteiger partial charge in [0, 0.05) is 50.0 Å². The van der Waals surface area contributed by atoms with Gasteiger partial charge in [0.25, 0.3) is 5.91 Å². The lowest BCUT2D eigenvalue weighted by Gasteiger charge is -2.39. The van der Waals surface area contributed by atoms with Crippen LogP contribution < -0.4 is 4.74 Å². The SMILES string of the molecule is Cc1ncsc1C(=O)N1CC[C@H](Oc2ccc(Cl)cc2)[C@@H](CC(=O)N2CCOCC2)C1. The lowest BCUT2D eigenvalue weighted by Crippen LogP contribution is -2.50. The van der Waals surface area contributed by atoms with Gasteiger partial charge in [-0.3, -0.25) is 9.59 Å². The van der Waals surface area contributed by atoms with Crippen molar-refractivity contribution in [2.24, 2.45) is 5.92 Å². The number of carbonyl (C=O) groups excluding carboxylic acids is 2. The maximum absolute atomic E-state index is 13.0. The summed E-state index contributed by atoms with van der Waals surface area (Å²) < 4.78 is 11.6. The predicted octanol–water partition coefficient (Wildman–Crippen LogP) is 3.26. The topological polar surface area (TPSA) is 72.0 Å². The molecular weight excluding hydrogens is 438 g/mol. The Kier molecular flexibility index (Phi) is 7.09. The van der Waals surface area contributed by atoms with Crippen LogP contribution in [0.25, 0.3) is 0 Å². The van der Waals surface area contributed by atoms with Crippen molar-refractivity contribution in [2.75, 3.05) is 39.4 Å². The molecule has 2 aliphatic heterocycles. The average Bonchev–Trinajstić information content (AvgIpc) is 3.22. The zero-order valence-corrected chi connectivity index (χ0v) is 19.0. The van der Waals surface area contributed by atoms with Crippen LogP contribution in [0.1, 0.15) is 28.2 Å². The van der Waals surface area contributed by atoms with Crippen molar-refractivity contribution in [1.82, 2.24) is 14.8 Å². The standard InChI is InChI=1S/C22H26ClN3O4S/c1-15-21(31-14-24-15)22(28)26-7-6-19(30-18-4-2-17(23)3-5-18)16(13-26)12-20(27)25-8-10-29-11-9-25/h2-5,14,16,19H,6-13H2,1H3/t16-,19-/m0/s1. The number of halogens is 1. The molecule has 3 heterocycles. The number of piperidine rings is 1. The summed E-state index contributed by atoms with van der Waals surface area (Å²) in [5.74, 6) is 0.684. The number of benzene rings is 1.